The number of halogens is 3. The predicted molar refractivity (Wildman–Crippen MR) is 119 cm³/mol. The zero-order valence-electron chi connectivity index (χ0n) is 19.4. The molecule has 4 nitrogen and oxygen atoms in total. The summed E-state index contributed by atoms with van der Waals surface area (Å²) in [4.78, 5) is 18.3. The number of alkyl halides is 3. The van der Waals surface area contributed by atoms with Crippen molar-refractivity contribution in [2.45, 2.75) is 71.1 Å². The van der Waals surface area contributed by atoms with Crippen molar-refractivity contribution in [3.05, 3.63) is 65.0 Å². The minimum Gasteiger partial charge on any atom is -0.550 e. The third kappa shape index (κ3) is 6.79. The summed E-state index contributed by atoms with van der Waals surface area (Å²) >= 11 is 0. The Bertz CT molecular complexity index is 928. The van der Waals surface area contributed by atoms with E-state index in [2.05, 4.69) is 18.7 Å². The Morgan fingerprint density at radius 2 is 1.85 bits per heavy atom. The Balaban J connectivity index is 1.98. The quantitative estimate of drug-likeness (QED) is 0.522. The number of hydrogen-bond donors (Lipinski definition) is 0. The maximum atomic E-state index is 13.1. The lowest BCUT2D eigenvalue weighted by Crippen LogP contribution is -2.41. The molecule has 0 radical (unpaired) electrons. The fourth-order valence-electron chi connectivity index (χ4n) is 4.80. The molecule has 2 heterocycles. The van der Waals surface area contributed by atoms with Crippen LogP contribution in [-0.2, 0) is 11.0 Å². The normalized spacial score (nSPS) is 20.7. The Morgan fingerprint density at radius 3 is 2.42 bits per heavy atom. The van der Waals surface area contributed by atoms with E-state index in [-0.39, 0.29) is 24.4 Å². The Morgan fingerprint density at radius 1 is 1.15 bits per heavy atom. The molecule has 3 atom stereocenters. The molecule has 0 bridgehead atoms. The second-order valence-electron chi connectivity index (χ2n) is 9.53. The van der Waals surface area contributed by atoms with Gasteiger partial charge >= 0.3 is 6.18 Å². The van der Waals surface area contributed by atoms with Gasteiger partial charge < -0.3 is 9.90 Å². The lowest BCUT2D eigenvalue weighted by molar-refractivity contribution is -0.307. The third-order valence-electron chi connectivity index (χ3n) is 6.50. The number of piperidine rings is 1. The molecule has 0 unspecified atom stereocenters. The van der Waals surface area contributed by atoms with Crippen LogP contribution in [0.25, 0.3) is 0 Å². The maximum absolute atomic E-state index is 13.1. The van der Waals surface area contributed by atoms with Crippen molar-refractivity contribution < 1.29 is 23.1 Å². The SMILES string of the molecule is Cc1cccc([C@@H](CCC(C)C)N2CC[C@@H](CC(=O)[O-])C[C@H]2c2ccc(C(F)(F)F)cc2)n1. The second kappa shape index (κ2) is 10.7. The van der Waals surface area contributed by atoms with Crippen molar-refractivity contribution >= 4 is 5.97 Å². The number of nitrogens with zero attached hydrogens (tertiary/aromatic N) is 2. The van der Waals surface area contributed by atoms with Crippen LogP contribution in [0.2, 0.25) is 0 Å². The van der Waals surface area contributed by atoms with Crippen LogP contribution in [0.15, 0.2) is 42.5 Å². The Hall–Kier alpha value is -2.41. The zero-order chi connectivity index (χ0) is 24.2. The van der Waals surface area contributed by atoms with Gasteiger partial charge in [0.2, 0.25) is 0 Å². The lowest BCUT2D eigenvalue weighted by atomic mass is 9.83. The molecule has 7 heteroatoms. The number of aromatic nitrogens is 1. The van der Waals surface area contributed by atoms with E-state index in [0.717, 1.165) is 41.9 Å². The first-order valence-electron chi connectivity index (χ1n) is 11.6. The van der Waals surface area contributed by atoms with Gasteiger partial charge in [-0.3, -0.25) is 9.88 Å². The van der Waals surface area contributed by atoms with Crippen LogP contribution >= 0.6 is 0 Å². The minimum atomic E-state index is -4.40. The number of aryl methyl sites for hydroxylation is 1. The number of benzene rings is 1. The van der Waals surface area contributed by atoms with Crippen LogP contribution in [0.1, 0.15) is 80.6 Å². The lowest BCUT2D eigenvalue weighted by Gasteiger charge is -2.44. The van der Waals surface area contributed by atoms with Gasteiger partial charge in [-0.2, -0.15) is 13.2 Å². The molecule has 0 amide bonds. The van der Waals surface area contributed by atoms with E-state index in [1.54, 1.807) is 0 Å². The van der Waals surface area contributed by atoms with Crippen LogP contribution in [0.5, 0.6) is 0 Å². The average molecular weight is 462 g/mol. The highest BCUT2D eigenvalue weighted by Gasteiger charge is 2.36. The molecule has 180 valence electrons. The molecular weight excluding hydrogens is 429 g/mol. The Labute approximate surface area is 193 Å². The zero-order valence-corrected chi connectivity index (χ0v) is 19.4. The minimum absolute atomic E-state index is 0.00324. The molecule has 1 aromatic carbocycles. The van der Waals surface area contributed by atoms with Gasteiger partial charge in [0, 0.05) is 17.7 Å². The van der Waals surface area contributed by atoms with Crippen LogP contribution < -0.4 is 5.11 Å². The van der Waals surface area contributed by atoms with E-state index >= 15 is 0 Å². The average Bonchev–Trinajstić information content (AvgIpc) is 2.73. The van der Waals surface area contributed by atoms with E-state index in [1.165, 1.54) is 12.1 Å². The molecule has 3 rings (SSSR count). The van der Waals surface area contributed by atoms with E-state index in [0.29, 0.717) is 25.3 Å². The number of rotatable bonds is 8. The number of carbonyl (C=O) groups excluding carboxylic acids is 1. The number of carbonyl (C=O) groups is 1. The number of carboxylic acids is 1. The maximum Gasteiger partial charge on any atom is 0.416 e. The molecule has 0 spiro atoms. The van der Waals surface area contributed by atoms with Crippen LogP contribution in [0, 0.1) is 18.8 Å². The van der Waals surface area contributed by atoms with E-state index in [4.69, 9.17) is 4.98 Å². The molecule has 0 N–H and O–H groups in total. The number of carboxylic acid groups (broad SMARTS) is 1. The summed E-state index contributed by atoms with van der Waals surface area (Å²) in [7, 11) is 0. The summed E-state index contributed by atoms with van der Waals surface area (Å²) in [6.45, 7) is 6.94. The molecule has 1 aliphatic rings. The highest BCUT2D eigenvalue weighted by molar-refractivity contribution is 5.64. The summed E-state index contributed by atoms with van der Waals surface area (Å²) in [6, 6.07) is 11.0. The van der Waals surface area contributed by atoms with Gasteiger partial charge in [0.1, 0.15) is 0 Å². The molecule has 1 aliphatic heterocycles. The first kappa shape index (κ1) is 25.2. The van der Waals surface area contributed by atoms with Gasteiger partial charge in [-0.15, -0.1) is 0 Å². The highest BCUT2D eigenvalue weighted by atomic mass is 19.4. The molecule has 1 saturated heterocycles. The van der Waals surface area contributed by atoms with Gasteiger partial charge in [0.15, 0.2) is 0 Å². The number of likely N-dealkylation sites (tertiary alicyclic amines) is 1. The van der Waals surface area contributed by atoms with Crippen molar-refractivity contribution in [2.75, 3.05) is 6.54 Å². The van der Waals surface area contributed by atoms with Crippen LogP contribution in [0.3, 0.4) is 0 Å². The predicted octanol–water partition coefficient (Wildman–Crippen LogP) is 5.48. The fraction of sp³-hybridized carbons (Fsp3) is 0.538. The molecule has 0 aliphatic carbocycles. The monoisotopic (exact) mass is 461 g/mol. The number of aliphatic carboxylic acids is 1. The van der Waals surface area contributed by atoms with Crippen LogP contribution in [0.4, 0.5) is 13.2 Å². The molecule has 2 aromatic rings. The second-order valence-corrected chi connectivity index (χ2v) is 9.53. The summed E-state index contributed by atoms with van der Waals surface area (Å²) in [5.41, 5.74) is 1.95. The topological polar surface area (TPSA) is 56.3 Å². The highest BCUT2D eigenvalue weighted by Crippen LogP contribution is 2.43. The summed E-state index contributed by atoms with van der Waals surface area (Å²) in [5, 5.41) is 11.3. The molecule has 33 heavy (non-hydrogen) atoms. The molecule has 0 saturated carbocycles. The van der Waals surface area contributed by atoms with E-state index < -0.39 is 17.7 Å². The van der Waals surface area contributed by atoms with E-state index in [9.17, 15) is 23.1 Å². The smallest absolute Gasteiger partial charge is 0.416 e. The first-order valence-corrected chi connectivity index (χ1v) is 11.6. The van der Waals surface area contributed by atoms with Gasteiger partial charge in [-0.25, -0.2) is 0 Å². The first-order chi connectivity index (χ1) is 15.5. The van der Waals surface area contributed by atoms with Gasteiger partial charge in [-0.05, 0) is 87.2 Å². The van der Waals surface area contributed by atoms with Crippen molar-refractivity contribution in [3.8, 4) is 0 Å². The summed E-state index contributed by atoms with van der Waals surface area (Å²) in [5.74, 6) is -0.663. The largest absolute Gasteiger partial charge is 0.550 e. The van der Waals surface area contributed by atoms with Crippen molar-refractivity contribution in [1.82, 2.24) is 9.88 Å². The van der Waals surface area contributed by atoms with Gasteiger partial charge in [-0.1, -0.05) is 32.0 Å². The molecule has 1 fully saturated rings. The number of hydrogen-bond acceptors (Lipinski definition) is 4. The van der Waals surface area contributed by atoms with Crippen LogP contribution in [-0.4, -0.2) is 22.4 Å². The summed E-state index contributed by atoms with van der Waals surface area (Å²) < 4.78 is 39.3. The van der Waals surface area contributed by atoms with Crippen molar-refractivity contribution in [3.63, 3.8) is 0 Å². The standard InChI is InChI=1S/C26H33F3N2O2/c1-17(2)7-12-23(22-6-4-5-18(3)30-22)31-14-13-19(16-25(32)33)15-24(31)20-8-10-21(11-9-20)26(27,28)29/h4-6,8-11,17,19,23-24H,7,12-16H2,1-3H3,(H,32,33)/p-1/t19-,23-,24+/m1/s1. The third-order valence-corrected chi connectivity index (χ3v) is 6.50. The Kier molecular flexibility index (Phi) is 8.16. The number of pyridine rings is 1. The van der Waals surface area contributed by atoms with E-state index in [1.807, 2.05) is 25.1 Å². The van der Waals surface area contributed by atoms with Gasteiger partial charge in [0.25, 0.3) is 0 Å². The van der Waals surface area contributed by atoms with Crippen molar-refractivity contribution in [2.24, 2.45) is 11.8 Å². The summed E-state index contributed by atoms with van der Waals surface area (Å²) in [6.07, 6.45) is -1.31. The fourth-order valence-corrected chi connectivity index (χ4v) is 4.80. The van der Waals surface area contributed by atoms with Gasteiger partial charge in [0.05, 0.1) is 17.3 Å². The van der Waals surface area contributed by atoms with Crippen molar-refractivity contribution in [1.29, 1.82) is 0 Å². The molecule has 1 aromatic heterocycles. The molecular formula is C26H32F3N2O2-.